The molecular formula is C23H26FN5O. The summed E-state index contributed by atoms with van der Waals surface area (Å²) >= 11 is 0. The van der Waals surface area contributed by atoms with E-state index in [1.165, 1.54) is 12.1 Å². The van der Waals surface area contributed by atoms with Crippen molar-refractivity contribution in [1.82, 2.24) is 24.6 Å². The van der Waals surface area contributed by atoms with Gasteiger partial charge in [0.2, 0.25) is 5.91 Å². The minimum Gasteiger partial charge on any atom is -0.339 e. The molecule has 0 bridgehead atoms. The van der Waals surface area contributed by atoms with E-state index < -0.39 is 0 Å². The number of carbonyl (C=O) groups excluding carboxylic acids is 1. The molecule has 1 atom stereocenters. The normalized spacial score (nSPS) is 16.4. The molecule has 3 heterocycles. The standard InChI is InChI=1S/C23H26FN5O/c1-27(2)20-9-12-28(15-20)23(30)16-29-21(13-17-3-5-19(24)6-4-17)14-22(26-29)18-7-10-25-11-8-18/h3-8,10-11,14,20H,9,12-13,15-16H2,1-2H3/t20-/m1/s1. The van der Waals surface area contributed by atoms with Gasteiger partial charge in [-0.05, 0) is 56.4 Å². The van der Waals surface area contributed by atoms with Crippen molar-refractivity contribution in [1.29, 1.82) is 0 Å². The maximum atomic E-state index is 13.3. The number of rotatable bonds is 6. The highest BCUT2D eigenvalue weighted by molar-refractivity contribution is 5.76. The summed E-state index contributed by atoms with van der Waals surface area (Å²) in [6.07, 6.45) is 5.02. The molecule has 1 amide bonds. The molecular weight excluding hydrogens is 381 g/mol. The van der Waals surface area contributed by atoms with E-state index in [2.05, 4.69) is 9.88 Å². The first-order chi connectivity index (χ1) is 14.5. The molecule has 0 aliphatic carbocycles. The summed E-state index contributed by atoms with van der Waals surface area (Å²) in [5.41, 5.74) is 3.64. The third-order valence-corrected chi connectivity index (χ3v) is 5.67. The second kappa shape index (κ2) is 8.75. The summed E-state index contributed by atoms with van der Waals surface area (Å²) in [5, 5.41) is 4.72. The zero-order valence-corrected chi connectivity index (χ0v) is 17.3. The zero-order chi connectivity index (χ0) is 21.1. The van der Waals surface area contributed by atoms with Crippen LogP contribution in [-0.2, 0) is 17.8 Å². The largest absolute Gasteiger partial charge is 0.339 e. The molecule has 7 heteroatoms. The average Bonchev–Trinajstić information content (AvgIpc) is 3.39. The van der Waals surface area contributed by atoms with E-state index in [0.717, 1.165) is 42.0 Å². The second-order valence-electron chi connectivity index (χ2n) is 7.96. The van der Waals surface area contributed by atoms with Crippen LogP contribution in [0.25, 0.3) is 11.3 Å². The second-order valence-corrected chi connectivity index (χ2v) is 7.96. The van der Waals surface area contributed by atoms with Gasteiger partial charge in [-0.1, -0.05) is 12.1 Å². The van der Waals surface area contributed by atoms with Crippen molar-refractivity contribution in [2.24, 2.45) is 0 Å². The Hall–Kier alpha value is -3.06. The number of halogens is 1. The van der Waals surface area contributed by atoms with E-state index in [1.807, 2.05) is 37.2 Å². The van der Waals surface area contributed by atoms with Gasteiger partial charge in [-0.25, -0.2) is 4.39 Å². The van der Waals surface area contributed by atoms with Crippen LogP contribution in [0.2, 0.25) is 0 Å². The summed E-state index contributed by atoms with van der Waals surface area (Å²) < 4.78 is 15.1. The topological polar surface area (TPSA) is 54.3 Å². The molecule has 1 fully saturated rings. The molecule has 6 nitrogen and oxygen atoms in total. The number of pyridine rings is 1. The number of likely N-dealkylation sites (N-methyl/N-ethyl adjacent to an activating group) is 1. The zero-order valence-electron chi connectivity index (χ0n) is 17.3. The van der Waals surface area contributed by atoms with Gasteiger partial charge >= 0.3 is 0 Å². The van der Waals surface area contributed by atoms with Gasteiger partial charge in [-0.3, -0.25) is 14.5 Å². The smallest absolute Gasteiger partial charge is 0.244 e. The van der Waals surface area contributed by atoms with Crippen LogP contribution < -0.4 is 0 Å². The Morgan fingerprint density at radius 2 is 1.90 bits per heavy atom. The fourth-order valence-corrected chi connectivity index (χ4v) is 3.83. The minimum atomic E-state index is -0.260. The van der Waals surface area contributed by atoms with E-state index in [4.69, 9.17) is 5.10 Å². The molecule has 1 aromatic carbocycles. The van der Waals surface area contributed by atoms with Crippen molar-refractivity contribution < 1.29 is 9.18 Å². The highest BCUT2D eigenvalue weighted by atomic mass is 19.1. The third-order valence-electron chi connectivity index (χ3n) is 5.67. The van der Waals surface area contributed by atoms with Gasteiger partial charge in [0.05, 0.1) is 5.69 Å². The predicted octanol–water partition coefficient (Wildman–Crippen LogP) is 2.84. The Kier molecular flexibility index (Phi) is 5.90. The molecule has 30 heavy (non-hydrogen) atoms. The van der Waals surface area contributed by atoms with Crippen LogP contribution in [0.15, 0.2) is 54.9 Å². The summed E-state index contributed by atoms with van der Waals surface area (Å²) in [4.78, 5) is 21.1. The fraction of sp³-hybridized carbons (Fsp3) is 0.348. The maximum Gasteiger partial charge on any atom is 0.244 e. The van der Waals surface area contributed by atoms with Crippen molar-refractivity contribution in [3.63, 3.8) is 0 Å². The van der Waals surface area contributed by atoms with Gasteiger partial charge in [0.15, 0.2) is 0 Å². The van der Waals surface area contributed by atoms with Crippen molar-refractivity contribution in [3.8, 4) is 11.3 Å². The van der Waals surface area contributed by atoms with E-state index in [1.54, 1.807) is 29.2 Å². The first kappa shape index (κ1) is 20.2. The number of hydrogen-bond acceptors (Lipinski definition) is 4. The lowest BCUT2D eigenvalue weighted by molar-refractivity contribution is -0.131. The summed E-state index contributed by atoms with van der Waals surface area (Å²) in [6, 6.07) is 12.6. The molecule has 0 saturated carbocycles. The number of nitrogens with zero attached hydrogens (tertiary/aromatic N) is 5. The molecule has 0 unspecified atom stereocenters. The van der Waals surface area contributed by atoms with Crippen LogP contribution in [0.5, 0.6) is 0 Å². The average molecular weight is 407 g/mol. The number of aromatic nitrogens is 3. The SMILES string of the molecule is CN(C)[C@@H]1CCN(C(=O)Cn2nc(-c3ccncc3)cc2Cc2ccc(F)cc2)C1. The molecule has 1 aliphatic heterocycles. The van der Waals surface area contributed by atoms with Gasteiger partial charge in [0.1, 0.15) is 12.4 Å². The molecule has 0 radical (unpaired) electrons. The Morgan fingerprint density at radius 3 is 2.57 bits per heavy atom. The molecule has 3 aromatic rings. The number of benzene rings is 1. The van der Waals surface area contributed by atoms with Crippen LogP contribution in [0.3, 0.4) is 0 Å². The maximum absolute atomic E-state index is 13.3. The van der Waals surface area contributed by atoms with Gasteiger partial charge in [0.25, 0.3) is 0 Å². The number of carbonyl (C=O) groups is 1. The van der Waals surface area contributed by atoms with E-state index in [0.29, 0.717) is 12.5 Å². The number of amides is 1. The summed E-state index contributed by atoms with van der Waals surface area (Å²) in [6.45, 7) is 1.72. The molecule has 156 valence electrons. The van der Waals surface area contributed by atoms with Crippen LogP contribution in [0.1, 0.15) is 17.7 Å². The molecule has 0 spiro atoms. The lowest BCUT2D eigenvalue weighted by Gasteiger charge is -2.20. The van der Waals surface area contributed by atoms with E-state index >= 15 is 0 Å². The minimum absolute atomic E-state index is 0.0732. The van der Waals surface area contributed by atoms with Crippen LogP contribution in [0, 0.1) is 5.82 Å². The van der Waals surface area contributed by atoms with Gasteiger partial charge < -0.3 is 9.80 Å². The van der Waals surface area contributed by atoms with Crippen LogP contribution >= 0.6 is 0 Å². The van der Waals surface area contributed by atoms with Crippen molar-refractivity contribution >= 4 is 5.91 Å². The molecule has 0 N–H and O–H groups in total. The molecule has 1 aliphatic rings. The van der Waals surface area contributed by atoms with Crippen LogP contribution in [-0.4, -0.2) is 63.7 Å². The van der Waals surface area contributed by atoms with Crippen LogP contribution in [0.4, 0.5) is 4.39 Å². The first-order valence-electron chi connectivity index (χ1n) is 10.2. The lowest BCUT2D eigenvalue weighted by atomic mass is 10.1. The van der Waals surface area contributed by atoms with Crippen molar-refractivity contribution in [2.45, 2.75) is 25.4 Å². The highest BCUT2D eigenvalue weighted by Gasteiger charge is 2.28. The Labute approximate surface area is 175 Å². The van der Waals surface area contributed by atoms with Crippen molar-refractivity contribution in [3.05, 3.63) is 71.9 Å². The van der Waals surface area contributed by atoms with Gasteiger partial charge in [-0.2, -0.15) is 5.10 Å². The fourth-order valence-electron chi connectivity index (χ4n) is 3.83. The van der Waals surface area contributed by atoms with Gasteiger partial charge in [0, 0.05) is 49.2 Å². The Bertz CT molecular complexity index is 1000. The quantitative estimate of drug-likeness (QED) is 0.631. The Balaban J connectivity index is 1.57. The Morgan fingerprint density at radius 1 is 1.17 bits per heavy atom. The monoisotopic (exact) mass is 407 g/mol. The molecule has 1 saturated heterocycles. The first-order valence-corrected chi connectivity index (χ1v) is 10.2. The number of likely N-dealkylation sites (tertiary alicyclic amines) is 1. The van der Waals surface area contributed by atoms with Crippen molar-refractivity contribution in [2.75, 3.05) is 27.2 Å². The van der Waals surface area contributed by atoms with E-state index in [-0.39, 0.29) is 18.3 Å². The number of hydrogen-bond donors (Lipinski definition) is 0. The van der Waals surface area contributed by atoms with E-state index in [9.17, 15) is 9.18 Å². The summed E-state index contributed by atoms with van der Waals surface area (Å²) in [5.74, 6) is -0.187. The predicted molar refractivity (Wildman–Crippen MR) is 113 cm³/mol. The summed E-state index contributed by atoms with van der Waals surface area (Å²) in [7, 11) is 4.10. The highest BCUT2D eigenvalue weighted by Crippen LogP contribution is 2.21. The molecule has 2 aromatic heterocycles. The molecule has 4 rings (SSSR count). The lowest BCUT2D eigenvalue weighted by Crippen LogP contribution is -2.36. The van der Waals surface area contributed by atoms with Gasteiger partial charge in [-0.15, -0.1) is 0 Å². The third kappa shape index (κ3) is 4.57.